The molecule has 0 spiro atoms. The standard InChI is InChI=1S/C32H35N5O5S/c1-20(38)36-17-5-7-26(36)28(39)33-24-15-11-22(12-16-24)30-35-25(19-43-30)21-9-13-23(14-10-21)34-29(40)27-8-6-18-37(27)31(41)42-32(2,3)4/h6,8-16,19,26-27H,5,7,17-18H2,1-4H3,(H,33,39)(H,34,40). The molecule has 43 heavy (non-hydrogen) atoms. The van der Waals surface area contributed by atoms with Crippen molar-refractivity contribution in [1.82, 2.24) is 14.8 Å². The van der Waals surface area contributed by atoms with Crippen molar-refractivity contribution in [2.24, 2.45) is 0 Å². The van der Waals surface area contributed by atoms with E-state index in [0.717, 1.165) is 28.2 Å². The number of thiazole rings is 1. The Hall–Kier alpha value is -4.51. The summed E-state index contributed by atoms with van der Waals surface area (Å²) in [5, 5.41) is 8.60. The van der Waals surface area contributed by atoms with Gasteiger partial charge >= 0.3 is 6.09 Å². The van der Waals surface area contributed by atoms with Crippen LogP contribution in [0.2, 0.25) is 0 Å². The molecule has 0 aliphatic carbocycles. The van der Waals surface area contributed by atoms with Gasteiger partial charge in [0.15, 0.2) is 0 Å². The van der Waals surface area contributed by atoms with E-state index in [1.807, 2.05) is 41.8 Å². The van der Waals surface area contributed by atoms with Crippen LogP contribution in [0.1, 0.15) is 40.5 Å². The average molecular weight is 602 g/mol. The Kier molecular flexibility index (Phi) is 8.63. The summed E-state index contributed by atoms with van der Waals surface area (Å²) in [5.74, 6) is -0.570. The molecule has 4 amide bonds. The minimum absolute atomic E-state index is 0.0832. The Labute approximate surface area is 254 Å². The van der Waals surface area contributed by atoms with Gasteiger partial charge in [-0.15, -0.1) is 11.3 Å². The lowest BCUT2D eigenvalue weighted by Crippen LogP contribution is -2.45. The molecular weight excluding hydrogens is 566 g/mol. The van der Waals surface area contributed by atoms with Crippen molar-refractivity contribution in [3.8, 4) is 21.8 Å². The molecule has 0 bridgehead atoms. The highest BCUT2D eigenvalue weighted by Gasteiger charge is 2.34. The minimum atomic E-state index is -0.742. The fourth-order valence-electron chi connectivity index (χ4n) is 5.08. The number of nitrogens with zero attached hydrogens (tertiary/aromatic N) is 3. The monoisotopic (exact) mass is 601 g/mol. The second-order valence-corrected chi connectivity index (χ2v) is 12.4. The molecule has 5 rings (SSSR count). The second kappa shape index (κ2) is 12.4. The van der Waals surface area contributed by atoms with Crippen LogP contribution < -0.4 is 10.6 Å². The number of amides is 4. The largest absolute Gasteiger partial charge is 0.444 e. The number of ether oxygens (including phenoxy) is 1. The summed E-state index contributed by atoms with van der Waals surface area (Å²) in [5.41, 5.74) is 3.24. The number of aromatic nitrogens is 1. The first-order valence-electron chi connectivity index (χ1n) is 14.2. The minimum Gasteiger partial charge on any atom is -0.444 e. The molecule has 2 N–H and O–H groups in total. The number of likely N-dealkylation sites (tertiary alicyclic amines) is 1. The van der Waals surface area contributed by atoms with Gasteiger partial charge in [-0.3, -0.25) is 19.3 Å². The van der Waals surface area contributed by atoms with Gasteiger partial charge < -0.3 is 20.3 Å². The summed E-state index contributed by atoms with van der Waals surface area (Å²) in [6.07, 6.45) is 4.44. The topological polar surface area (TPSA) is 121 Å². The smallest absolute Gasteiger partial charge is 0.411 e. The molecule has 11 heteroatoms. The lowest BCUT2D eigenvalue weighted by Gasteiger charge is -2.28. The van der Waals surface area contributed by atoms with Crippen LogP contribution >= 0.6 is 11.3 Å². The van der Waals surface area contributed by atoms with Crippen LogP contribution in [0, 0.1) is 0 Å². The van der Waals surface area contributed by atoms with E-state index < -0.39 is 23.8 Å². The van der Waals surface area contributed by atoms with Crippen LogP contribution in [0.25, 0.3) is 21.8 Å². The van der Waals surface area contributed by atoms with E-state index in [2.05, 4.69) is 10.6 Å². The number of nitrogens with one attached hydrogen (secondary N) is 2. The third kappa shape index (κ3) is 7.11. The maximum absolute atomic E-state index is 12.9. The van der Waals surface area contributed by atoms with Gasteiger partial charge in [0.1, 0.15) is 22.7 Å². The Balaban J connectivity index is 1.18. The van der Waals surface area contributed by atoms with Crippen molar-refractivity contribution in [3.63, 3.8) is 0 Å². The Bertz CT molecular complexity index is 1540. The van der Waals surface area contributed by atoms with E-state index in [1.54, 1.807) is 50.0 Å². The number of hydrogen-bond donors (Lipinski definition) is 2. The fraction of sp³-hybridized carbons (Fsp3) is 0.344. The first-order valence-corrected chi connectivity index (χ1v) is 15.1. The number of hydrogen-bond acceptors (Lipinski definition) is 7. The number of anilines is 2. The zero-order valence-corrected chi connectivity index (χ0v) is 25.4. The van der Waals surface area contributed by atoms with E-state index in [1.165, 1.54) is 23.2 Å². The van der Waals surface area contributed by atoms with Crippen molar-refractivity contribution < 1.29 is 23.9 Å². The molecule has 1 saturated heterocycles. The predicted molar refractivity (Wildman–Crippen MR) is 167 cm³/mol. The van der Waals surface area contributed by atoms with Crippen molar-refractivity contribution in [3.05, 3.63) is 66.1 Å². The molecule has 1 aromatic heterocycles. The number of carbonyl (C=O) groups excluding carboxylic acids is 4. The van der Waals surface area contributed by atoms with Crippen LogP contribution in [0.4, 0.5) is 16.2 Å². The summed E-state index contributed by atoms with van der Waals surface area (Å²) in [6.45, 7) is 7.79. The maximum atomic E-state index is 12.9. The summed E-state index contributed by atoms with van der Waals surface area (Å²) < 4.78 is 5.43. The molecule has 3 heterocycles. The van der Waals surface area contributed by atoms with Crippen molar-refractivity contribution in [2.45, 2.75) is 58.2 Å². The molecule has 3 aromatic rings. The van der Waals surface area contributed by atoms with E-state index >= 15 is 0 Å². The molecule has 2 unspecified atom stereocenters. The molecule has 2 atom stereocenters. The molecule has 2 aliphatic rings. The molecule has 2 aromatic carbocycles. The van der Waals surface area contributed by atoms with Crippen LogP contribution in [-0.2, 0) is 19.1 Å². The Morgan fingerprint density at radius 3 is 2.16 bits per heavy atom. The van der Waals surface area contributed by atoms with Crippen LogP contribution in [0.5, 0.6) is 0 Å². The van der Waals surface area contributed by atoms with Gasteiger partial charge in [0, 0.05) is 47.9 Å². The molecule has 224 valence electrons. The summed E-state index contributed by atoms with van der Waals surface area (Å²) in [7, 11) is 0. The lowest BCUT2D eigenvalue weighted by molar-refractivity contribution is -0.134. The van der Waals surface area contributed by atoms with Gasteiger partial charge in [-0.05, 0) is 70.0 Å². The van der Waals surface area contributed by atoms with Crippen LogP contribution in [0.3, 0.4) is 0 Å². The van der Waals surface area contributed by atoms with Gasteiger partial charge in [-0.2, -0.15) is 0 Å². The van der Waals surface area contributed by atoms with E-state index in [0.29, 0.717) is 30.9 Å². The maximum Gasteiger partial charge on any atom is 0.411 e. The van der Waals surface area contributed by atoms with Crippen molar-refractivity contribution in [1.29, 1.82) is 0 Å². The first kappa shape index (κ1) is 30.0. The normalized spacial score (nSPS) is 18.0. The zero-order valence-electron chi connectivity index (χ0n) is 24.6. The first-order chi connectivity index (χ1) is 20.5. The van der Waals surface area contributed by atoms with E-state index in [4.69, 9.17) is 9.72 Å². The quantitative estimate of drug-likeness (QED) is 0.358. The highest BCUT2D eigenvalue weighted by molar-refractivity contribution is 7.13. The molecule has 0 radical (unpaired) electrons. The Morgan fingerprint density at radius 1 is 0.907 bits per heavy atom. The van der Waals surface area contributed by atoms with Gasteiger partial charge in [0.25, 0.3) is 5.91 Å². The van der Waals surface area contributed by atoms with Gasteiger partial charge in [-0.1, -0.05) is 24.3 Å². The van der Waals surface area contributed by atoms with E-state index in [-0.39, 0.29) is 17.7 Å². The average Bonchev–Trinajstić information content (AvgIpc) is 3.74. The fourth-order valence-corrected chi connectivity index (χ4v) is 5.91. The highest BCUT2D eigenvalue weighted by Crippen LogP contribution is 2.31. The van der Waals surface area contributed by atoms with Crippen LogP contribution in [-0.4, -0.2) is 69.4 Å². The third-order valence-electron chi connectivity index (χ3n) is 7.16. The summed E-state index contributed by atoms with van der Waals surface area (Å²) >= 11 is 1.51. The molecule has 0 saturated carbocycles. The lowest BCUT2D eigenvalue weighted by atomic mass is 10.1. The highest BCUT2D eigenvalue weighted by atomic mass is 32.1. The van der Waals surface area contributed by atoms with Crippen LogP contribution in [0.15, 0.2) is 66.1 Å². The van der Waals surface area contributed by atoms with Crippen molar-refractivity contribution >= 4 is 46.5 Å². The van der Waals surface area contributed by atoms with Gasteiger partial charge in [0.05, 0.1) is 5.69 Å². The molecule has 10 nitrogen and oxygen atoms in total. The van der Waals surface area contributed by atoms with Gasteiger partial charge in [-0.25, -0.2) is 9.78 Å². The second-order valence-electron chi connectivity index (χ2n) is 11.5. The molecule has 2 aliphatic heterocycles. The number of carbonyl (C=O) groups is 4. The number of benzene rings is 2. The van der Waals surface area contributed by atoms with E-state index in [9.17, 15) is 19.2 Å². The molecule has 1 fully saturated rings. The molecular formula is C32H35N5O5S. The third-order valence-corrected chi connectivity index (χ3v) is 8.06. The van der Waals surface area contributed by atoms with Gasteiger partial charge in [0.2, 0.25) is 11.8 Å². The Morgan fingerprint density at radius 2 is 1.53 bits per heavy atom. The zero-order chi connectivity index (χ0) is 30.7. The SMILES string of the molecule is CC(=O)N1CCCC1C(=O)Nc1ccc(-c2nc(-c3ccc(NC(=O)C4C=CCN4C(=O)OC(C)(C)C)cc3)cs2)cc1. The summed E-state index contributed by atoms with van der Waals surface area (Å²) in [4.78, 5) is 57.8. The number of rotatable bonds is 6. The summed E-state index contributed by atoms with van der Waals surface area (Å²) in [6, 6.07) is 13.7. The van der Waals surface area contributed by atoms with Crippen molar-refractivity contribution in [2.75, 3.05) is 23.7 Å². The predicted octanol–water partition coefficient (Wildman–Crippen LogP) is 5.54.